The van der Waals surface area contributed by atoms with Crippen molar-refractivity contribution >= 4 is 39.7 Å². The van der Waals surface area contributed by atoms with E-state index in [1.807, 2.05) is 17.6 Å². The number of halogens is 1. The monoisotopic (exact) mass is 349 g/mol. The molecule has 4 aliphatic rings. The molecule has 0 radical (unpaired) electrons. The van der Waals surface area contributed by atoms with Gasteiger partial charge in [-0.1, -0.05) is 0 Å². The van der Waals surface area contributed by atoms with Crippen LogP contribution in [0.25, 0.3) is 10.1 Å². The Balaban J connectivity index is 0.00000135. The van der Waals surface area contributed by atoms with E-state index in [1.165, 1.54) is 38.8 Å². The minimum absolute atomic E-state index is 0. The van der Waals surface area contributed by atoms with Crippen LogP contribution in [0.5, 0.6) is 0 Å². The maximum Gasteiger partial charge on any atom is 0.270 e. The van der Waals surface area contributed by atoms with E-state index in [4.69, 9.17) is 0 Å². The number of carbonyl (C=O) groups is 1. The van der Waals surface area contributed by atoms with Crippen LogP contribution in [0.3, 0.4) is 0 Å². The molecule has 6 rings (SSSR count). The second kappa shape index (κ2) is 5.43. The number of carbonyl (C=O) groups excluding carboxylic acids is 1. The summed E-state index contributed by atoms with van der Waals surface area (Å²) >= 11 is 1.66. The van der Waals surface area contributed by atoms with Crippen LogP contribution >= 0.6 is 23.7 Å². The lowest BCUT2D eigenvalue weighted by Crippen LogP contribution is -2.65. The Kier molecular flexibility index (Phi) is 3.63. The number of piperidine rings is 3. The third-order valence-corrected chi connectivity index (χ3v) is 6.71. The largest absolute Gasteiger partial charge is 0.346 e. The molecule has 2 aromatic heterocycles. The van der Waals surface area contributed by atoms with E-state index in [-0.39, 0.29) is 23.9 Å². The zero-order valence-corrected chi connectivity index (χ0v) is 14.5. The summed E-state index contributed by atoms with van der Waals surface area (Å²) in [6.45, 7) is 2.44. The van der Waals surface area contributed by atoms with Gasteiger partial charge in [0.15, 0.2) is 0 Å². The minimum atomic E-state index is -0.00174. The molecular weight excluding hydrogens is 330 g/mol. The van der Waals surface area contributed by atoms with Crippen LogP contribution in [-0.4, -0.2) is 40.5 Å². The molecule has 4 nitrogen and oxygen atoms in total. The minimum Gasteiger partial charge on any atom is -0.346 e. The lowest BCUT2D eigenvalue weighted by atomic mass is 9.77. The van der Waals surface area contributed by atoms with Gasteiger partial charge in [0.2, 0.25) is 0 Å². The number of nitrogens with one attached hydrogen (secondary N) is 1. The Morgan fingerprint density at radius 1 is 1.35 bits per heavy atom. The van der Waals surface area contributed by atoms with E-state index in [1.54, 1.807) is 11.3 Å². The zero-order chi connectivity index (χ0) is 14.7. The number of hydrogen-bond donors (Lipinski definition) is 1. The first-order valence-corrected chi connectivity index (χ1v) is 9.03. The fourth-order valence-electron chi connectivity index (χ4n) is 4.53. The summed E-state index contributed by atoms with van der Waals surface area (Å²) in [5.41, 5.74) is 0.835. The van der Waals surface area contributed by atoms with Gasteiger partial charge in [0.05, 0.1) is 10.7 Å². The number of nitrogens with zero attached hydrogens (tertiary/aromatic N) is 2. The quantitative estimate of drug-likeness (QED) is 0.906. The second-order valence-electron chi connectivity index (χ2n) is 6.91. The summed E-state index contributed by atoms with van der Waals surface area (Å²) in [5.74, 6) is 0.652. The molecule has 1 aliphatic carbocycles. The molecule has 1 amide bonds. The molecule has 2 aromatic rings. The molecule has 6 heteroatoms. The van der Waals surface area contributed by atoms with E-state index in [2.05, 4.69) is 21.3 Å². The molecule has 1 saturated carbocycles. The number of amides is 1. The van der Waals surface area contributed by atoms with Gasteiger partial charge >= 0.3 is 0 Å². The molecule has 3 aliphatic heterocycles. The van der Waals surface area contributed by atoms with Crippen LogP contribution in [0.1, 0.15) is 36.2 Å². The van der Waals surface area contributed by atoms with E-state index >= 15 is 0 Å². The molecule has 1 spiro atoms. The van der Waals surface area contributed by atoms with Gasteiger partial charge in [-0.25, -0.2) is 4.98 Å². The van der Waals surface area contributed by atoms with Crippen LogP contribution in [0, 0.1) is 5.92 Å². The average molecular weight is 350 g/mol. The Morgan fingerprint density at radius 3 is 2.87 bits per heavy atom. The molecule has 3 saturated heterocycles. The standard InChI is InChI=1S/C17H19N3OS.ClH/c21-16(13-9-12-3-8-22-14(12)10-18-13)19-15-11-1-6-20(7-2-11)17(15)4-5-17;/h3,8-11,15H,1-2,4-7H2,(H,19,21);1H. The van der Waals surface area contributed by atoms with Gasteiger partial charge in [0, 0.05) is 11.7 Å². The van der Waals surface area contributed by atoms with E-state index in [0.29, 0.717) is 17.7 Å². The first-order chi connectivity index (χ1) is 10.8. The molecule has 5 heterocycles. The zero-order valence-electron chi connectivity index (χ0n) is 12.8. The van der Waals surface area contributed by atoms with Crippen molar-refractivity contribution in [3.8, 4) is 0 Å². The van der Waals surface area contributed by atoms with E-state index in [0.717, 1.165) is 10.1 Å². The second-order valence-corrected chi connectivity index (χ2v) is 7.85. The molecule has 1 atom stereocenters. The Bertz CT molecular complexity index is 749. The molecule has 2 bridgehead atoms. The molecule has 0 aromatic carbocycles. The number of thiophene rings is 1. The Hall–Kier alpha value is -1.17. The number of pyridine rings is 1. The Labute approximate surface area is 145 Å². The van der Waals surface area contributed by atoms with Crippen molar-refractivity contribution < 1.29 is 4.79 Å². The van der Waals surface area contributed by atoms with Crippen molar-refractivity contribution in [1.29, 1.82) is 0 Å². The maximum atomic E-state index is 12.7. The van der Waals surface area contributed by atoms with Gasteiger partial charge < -0.3 is 5.32 Å². The highest BCUT2D eigenvalue weighted by molar-refractivity contribution is 7.17. The number of rotatable bonds is 2. The maximum absolute atomic E-state index is 12.7. The summed E-state index contributed by atoms with van der Waals surface area (Å²) in [7, 11) is 0. The highest BCUT2D eigenvalue weighted by Gasteiger charge is 2.60. The normalized spacial score (nSPS) is 30.2. The topological polar surface area (TPSA) is 45.2 Å². The molecule has 23 heavy (non-hydrogen) atoms. The SMILES string of the molecule is Cl.O=C(NC1C2CCN(CC2)C12CC2)c1cc2ccsc2cn1. The smallest absolute Gasteiger partial charge is 0.270 e. The number of hydrogen-bond acceptors (Lipinski definition) is 4. The van der Waals surface area contributed by atoms with Crippen LogP contribution in [0.15, 0.2) is 23.7 Å². The van der Waals surface area contributed by atoms with Gasteiger partial charge in [-0.05, 0) is 67.6 Å². The van der Waals surface area contributed by atoms with Crippen LogP contribution in [-0.2, 0) is 0 Å². The molecule has 1 N–H and O–H groups in total. The molecule has 4 fully saturated rings. The van der Waals surface area contributed by atoms with Crippen LogP contribution < -0.4 is 5.32 Å². The molecular formula is C17H20ClN3OS. The lowest BCUT2D eigenvalue weighted by Gasteiger charge is -2.52. The molecule has 1 unspecified atom stereocenters. The van der Waals surface area contributed by atoms with Gasteiger partial charge in [-0.2, -0.15) is 0 Å². The lowest BCUT2D eigenvalue weighted by molar-refractivity contribution is -0.00152. The summed E-state index contributed by atoms with van der Waals surface area (Å²) in [6.07, 6.45) is 6.75. The first kappa shape index (κ1) is 15.4. The van der Waals surface area contributed by atoms with Crippen molar-refractivity contribution in [3.05, 3.63) is 29.4 Å². The predicted octanol–water partition coefficient (Wildman–Crippen LogP) is 3.07. The summed E-state index contributed by atoms with van der Waals surface area (Å²) in [4.78, 5) is 19.7. The summed E-state index contributed by atoms with van der Waals surface area (Å²) in [5, 5.41) is 6.49. The van der Waals surface area contributed by atoms with Crippen LogP contribution in [0.2, 0.25) is 0 Å². The fraction of sp³-hybridized carbons (Fsp3) is 0.529. The fourth-order valence-corrected chi connectivity index (χ4v) is 5.27. The van der Waals surface area contributed by atoms with Gasteiger partial charge in [0.1, 0.15) is 5.69 Å². The van der Waals surface area contributed by atoms with Crippen molar-refractivity contribution in [1.82, 2.24) is 15.2 Å². The number of fused-ring (bicyclic) bond motifs is 3. The third-order valence-electron chi connectivity index (χ3n) is 5.84. The highest BCUT2D eigenvalue weighted by atomic mass is 35.5. The summed E-state index contributed by atoms with van der Waals surface area (Å²) < 4.78 is 1.14. The first-order valence-electron chi connectivity index (χ1n) is 8.15. The van der Waals surface area contributed by atoms with E-state index < -0.39 is 0 Å². The van der Waals surface area contributed by atoms with Gasteiger partial charge in [-0.3, -0.25) is 9.69 Å². The van der Waals surface area contributed by atoms with Crippen LogP contribution in [0.4, 0.5) is 0 Å². The third kappa shape index (κ3) is 2.29. The van der Waals surface area contributed by atoms with Gasteiger partial charge in [0.25, 0.3) is 5.91 Å². The molecule has 122 valence electrons. The van der Waals surface area contributed by atoms with Gasteiger partial charge in [-0.15, -0.1) is 23.7 Å². The summed E-state index contributed by atoms with van der Waals surface area (Å²) in [6, 6.07) is 4.29. The number of aromatic nitrogens is 1. The van der Waals surface area contributed by atoms with Crippen molar-refractivity contribution in [3.63, 3.8) is 0 Å². The average Bonchev–Trinajstić information content (AvgIpc) is 3.18. The highest BCUT2D eigenvalue weighted by Crippen LogP contribution is 2.53. The van der Waals surface area contributed by atoms with Crippen molar-refractivity contribution in [2.45, 2.75) is 37.3 Å². The predicted molar refractivity (Wildman–Crippen MR) is 94.4 cm³/mol. The Morgan fingerprint density at radius 2 is 2.13 bits per heavy atom. The van der Waals surface area contributed by atoms with Crippen molar-refractivity contribution in [2.75, 3.05) is 13.1 Å². The van der Waals surface area contributed by atoms with E-state index in [9.17, 15) is 4.79 Å². The van der Waals surface area contributed by atoms with Crippen molar-refractivity contribution in [2.24, 2.45) is 5.92 Å².